The topological polar surface area (TPSA) is 65.7 Å². The third-order valence-electron chi connectivity index (χ3n) is 6.59. The zero-order valence-electron chi connectivity index (χ0n) is 20.2. The first-order chi connectivity index (χ1) is 18.4. The first kappa shape index (κ1) is 26.7. The Morgan fingerprint density at radius 2 is 1.59 bits per heavy atom. The Morgan fingerprint density at radius 3 is 2.18 bits per heavy atom. The molecule has 204 valence electrons. The van der Waals surface area contributed by atoms with Crippen molar-refractivity contribution in [1.82, 2.24) is 24.7 Å². The van der Waals surface area contributed by atoms with Crippen molar-refractivity contribution in [2.24, 2.45) is 0 Å². The molecule has 0 amide bonds. The Labute approximate surface area is 217 Å². The van der Waals surface area contributed by atoms with Gasteiger partial charge >= 0.3 is 12.4 Å². The Balaban J connectivity index is 1.51. The Bertz CT molecular complexity index is 1420. The van der Waals surface area contributed by atoms with E-state index < -0.39 is 47.4 Å². The molecule has 0 fully saturated rings. The van der Waals surface area contributed by atoms with Gasteiger partial charge in [0, 0.05) is 31.3 Å². The highest BCUT2D eigenvalue weighted by atomic mass is 19.4. The lowest BCUT2D eigenvalue weighted by atomic mass is 9.88. The number of hydrogen-bond donors (Lipinski definition) is 0. The second-order valence-electron chi connectivity index (χ2n) is 9.16. The first-order valence-corrected chi connectivity index (χ1v) is 11.8. The van der Waals surface area contributed by atoms with E-state index in [0.717, 1.165) is 0 Å². The van der Waals surface area contributed by atoms with Crippen LogP contribution in [0.1, 0.15) is 47.0 Å². The second kappa shape index (κ2) is 10.0. The molecule has 0 saturated heterocycles. The van der Waals surface area contributed by atoms with Crippen LogP contribution in [0, 0.1) is 5.82 Å². The molecule has 3 atom stereocenters. The second-order valence-corrected chi connectivity index (χ2v) is 9.16. The van der Waals surface area contributed by atoms with E-state index in [0.29, 0.717) is 35.0 Å². The van der Waals surface area contributed by atoms with Gasteiger partial charge in [-0.25, -0.2) is 9.37 Å². The van der Waals surface area contributed by atoms with E-state index in [4.69, 9.17) is 4.74 Å². The lowest BCUT2D eigenvalue weighted by Gasteiger charge is -2.35. The van der Waals surface area contributed by atoms with Gasteiger partial charge < -0.3 is 9.30 Å². The van der Waals surface area contributed by atoms with Crippen LogP contribution >= 0.6 is 0 Å². The molecule has 0 N–H and O–H groups in total. The largest absolute Gasteiger partial charge is 0.416 e. The average Bonchev–Trinajstić information content (AvgIpc) is 3.31. The van der Waals surface area contributed by atoms with Crippen LogP contribution in [0.5, 0.6) is 0 Å². The van der Waals surface area contributed by atoms with E-state index in [1.54, 1.807) is 16.7 Å². The van der Waals surface area contributed by atoms with Crippen LogP contribution in [-0.2, 0) is 30.1 Å². The van der Waals surface area contributed by atoms with Crippen molar-refractivity contribution in [1.29, 1.82) is 0 Å². The van der Waals surface area contributed by atoms with Gasteiger partial charge in [-0.2, -0.15) is 26.3 Å². The number of hydrogen-bond acceptors (Lipinski definition) is 5. The van der Waals surface area contributed by atoms with Crippen LogP contribution in [0.15, 0.2) is 61.1 Å². The minimum absolute atomic E-state index is 0.0780. The summed E-state index contributed by atoms with van der Waals surface area (Å²) < 4.78 is 102. The summed E-state index contributed by atoms with van der Waals surface area (Å²) >= 11 is 0. The number of alkyl halides is 6. The number of nitrogens with zero attached hydrogens (tertiary/aromatic N) is 5. The molecule has 0 spiro atoms. The normalized spacial score (nSPS) is 18.6. The smallest absolute Gasteiger partial charge is 0.369 e. The molecule has 0 saturated carbocycles. The molecule has 3 heterocycles. The van der Waals surface area contributed by atoms with E-state index in [-0.39, 0.29) is 24.6 Å². The molecule has 0 radical (unpaired) electrons. The molecule has 0 bridgehead atoms. The summed E-state index contributed by atoms with van der Waals surface area (Å²) in [5.41, 5.74) is -1.99. The van der Waals surface area contributed by atoms with Crippen molar-refractivity contribution in [2.45, 2.75) is 50.4 Å². The van der Waals surface area contributed by atoms with Gasteiger partial charge in [-0.15, -0.1) is 10.2 Å². The lowest BCUT2D eigenvalue weighted by Crippen LogP contribution is -2.35. The standard InChI is InChI=1S/C26H20F7N5O/c1-14(16-8-17(25(28,29)30)10-18(9-16)26(31,32)33)39-22-11-23-36-37-24(21-12-34-6-7-35-21)38(23)13-20(22)15-2-4-19(27)5-3-15/h2-10,12,14,20,22H,11,13H2,1H3/t14-,20-,22+/m1/s1. The first-order valence-electron chi connectivity index (χ1n) is 11.8. The van der Waals surface area contributed by atoms with Crippen molar-refractivity contribution in [3.63, 3.8) is 0 Å². The number of ether oxygens (including phenoxy) is 1. The van der Waals surface area contributed by atoms with Crippen LogP contribution in [0.4, 0.5) is 30.7 Å². The molecule has 2 aromatic carbocycles. The van der Waals surface area contributed by atoms with Gasteiger partial charge in [-0.05, 0) is 48.4 Å². The maximum Gasteiger partial charge on any atom is 0.416 e. The lowest BCUT2D eigenvalue weighted by molar-refractivity contribution is -0.143. The van der Waals surface area contributed by atoms with Crippen LogP contribution in [0.2, 0.25) is 0 Å². The quantitative estimate of drug-likeness (QED) is 0.269. The van der Waals surface area contributed by atoms with Crippen LogP contribution in [-0.4, -0.2) is 30.8 Å². The zero-order chi connectivity index (χ0) is 27.9. The molecule has 1 aliphatic heterocycles. The number of aromatic nitrogens is 5. The van der Waals surface area contributed by atoms with Gasteiger partial charge in [0.1, 0.15) is 17.3 Å². The maximum absolute atomic E-state index is 13.7. The van der Waals surface area contributed by atoms with E-state index in [1.165, 1.54) is 37.6 Å². The molecular weight excluding hydrogens is 531 g/mol. The van der Waals surface area contributed by atoms with Crippen molar-refractivity contribution in [3.05, 3.63) is 95.0 Å². The SMILES string of the molecule is C[C@@H](O[C@H]1Cc2nnc(-c3cnccn3)n2C[C@@H]1c1ccc(F)cc1)c1cc(C(F)(F)F)cc(C(F)(F)F)c1. The highest BCUT2D eigenvalue weighted by molar-refractivity contribution is 5.48. The summed E-state index contributed by atoms with van der Waals surface area (Å²) in [6, 6.07) is 7.05. The summed E-state index contributed by atoms with van der Waals surface area (Å²) in [7, 11) is 0. The molecule has 0 unspecified atom stereocenters. The van der Waals surface area contributed by atoms with Gasteiger partial charge in [-0.3, -0.25) is 4.98 Å². The minimum Gasteiger partial charge on any atom is -0.369 e. The summed E-state index contributed by atoms with van der Waals surface area (Å²) in [4.78, 5) is 8.29. The minimum atomic E-state index is -4.98. The fourth-order valence-corrected chi connectivity index (χ4v) is 4.65. The molecular formula is C26H20F7N5O. The number of halogens is 7. The zero-order valence-corrected chi connectivity index (χ0v) is 20.2. The number of benzene rings is 2. The molecule has 13 heteroatoms. The fourth-order valence-electron chi connectivity index (χ4n) is 4.65. The van der Waals surface area contributed by atoms with Gasteiger partial charge in [0.15, 0.2) is 5.82 Å². The summed E-state index contributed by atoms with van der Waals surface area (Å²) in [6.45, 7) is 1.63. The van der Waals surface area contributed by atoms with Gasteiger partial charge in [0.05, 0.1) is 29.5 Å². The Kier molecular flexibility index (Phi) is 6.87. The Morgan fingerprint density at radius 1 is 0.923 bits per heavy atom. The maximum atomic E-state index is 13.7. The predicted molar refractivity (Wildman–Crippen MR) is 124 cm³/mol. The summed E-state index contributed by atoms with van der Waals surface area (Å²) in [5.74, 6) is 0.00442. The van der Waals surface area contributed by atoms with Crippen LogP contribution in [0.3, 0.4) is 0 Å². The van der Waals surface area contributed by atoms with E-state index in [1.807, 2.05) is 0 Å². The van der Waals surface area contributed by atoms with Gasteiger partial charge in [0.25, 0.3) is 0 Å². The van der Waals surface area contributed by atoms with Crippen molar-refractivity contribution >= 4 is 0 Å². The van der Waals surface area contributed by atoms with Gasteiger partial charge in [0.2, 0.25) is 0 Å². The molecule has 1 aliphatic rings. The number of rotatable bonds is 5. The average molecular weight is 551 g/mol. The van der Waals surface area contributed by atoms with E-state index in [2.05, 4.69) is 20.2 Å². The highest BCUT2D eigenvalue weighted by Gasteiger charge is 2.39. The van der Waals surface area contributed by atoms with Crippen LogP contribution < -0.4 is 0 Å². The molecule has 39 heavy (non-hydrogen) atoms. The Hall–Kier alpha value is -3.87. The van der Waals surface area contributed by atoms with E-state index in [9.17, 15) is 30.7 Å². The van der Waals surface area contributed by atoms with Gasteiger partial charge in [-0.1, -0.05) is 12.1 Å². The number of fused-ring (bicyclic) bond motifs is 1. The van der Waals surface area contributed by atoms with Crippen molar-refractivity contribution in [2.75, 3.05) is 0 Å². The highest BCUT2D eigenvalue weighted by Crippen LogP contribution is 2.40. The summed E-state index contributed by atoms with van der Waals surface area (Å²) in [5, 5.41) is 8.41. The van der Waals surface area contributed by atoms with Crippen molar-refractivity contribution < 1.29 is 35.5 Å². The predicted octanol–water partition coefficient (Wildman–Crippen LogP) is 6.40. The third-order valence-corrected chi connectivity index (χ3v) is 6.59. The van der Waals surface area contributed by atoms with Crippen molar-refractivity contribution in [3.8, 4) is 11.5 Å². The van der Waals surface area contributed by atoms with Crippen LogP contribution in [0.25, 0.3) is 11.5 Å². The summed E-state index contributed by atoms with van der Waals surface area (Å²) in [6.07, 6.45) is -7.17. The fraction of sp³-hybridized carbons (Fsp3) is 0.308. The monoisotopic (exact) mass is 551 g/mol. The van der Waals surface area contributed by atoms with E-state index >= 15 is 0 Å². The molecule has 6 nitrogen and oxygen atoms in total. The molecule has 2 aromatic heterocycles. The third kappa shape index (κ3) is 5.63. The molecule has 4 aromatic rings. The molecule has 5 rings (SSSR count). The molecule has 0 aliphatic carbocycles.